The Balaban J connectivity index is 1.14. The minimum atomic E-state index is -0.662. The van der Waals surface area contributed by atoms with Gasteiger partial charge in [-0.05, 0) is 66.1 Å². The number of Topliss-reactive ketones (excluding diaryl/α,β-unsaturated/α-hetero) is 1. The first-order chi connectivity index (χ1) is 17.5. The molecule has 0 N–H and O–H groups in total. The van der Waals surface area contributed by atoms with E-state index in [1.54, 1.807) is 0 Å². The second kappa shape index (κ2) is 8.91. The first-order valence-corrected chi connectivity index (χ1v) is 12.4. The third kappa shape index (κ3) is 3.67. The number of hydrogen-bond donors (Lipinski definition) is 0. The Hall–Kier alpha value is -3.98. The molecule has 1 aliphatic carbocycles. The molecule has 2 fully saturated rings. The van der Waals surface area contributed by atoms with Crippen LogP contribution in [-0.2, 0) is 4.74 Å². The third-order valence-electron chi connectivity index (χ3n) is 8.01. The number of benzene rings is 3. The van der Waals surface area contributed by atoms with E-state index >= 15 is 0 Å². The lowest BCUT2D eigenvalue weighted by molar-refractivity contribution is 0.0504. The van der Waals surface area contributed by atoms with Crippen molar-refractivity contribution in [1.82, 2.24) is 4.90 Å². The highest BCUT2D eigenvalue weighted by Gasteiger charge is 2.46. The summed E-state index contributed by atoms with van der Waals surface area (Å²) in [6, 6.07) is 22.2. The molecule has 0 radical (unpaired) electrons. The highest BCUT2D eigenvalue weighted by atomic mass is 19.1. The Morgan fingerprint density at radius 3 is 2.14 bits per heavy atom. The molecule has 2 atom stereocenters. The summed E-state index contributed by atoms with van der Waals surface area (Å²) in [6.45, 7) is 0.265. The van der Waals surface area contributed by atoms with Gasteiger partial charge in [-0.15, -0.1) is 0 Å². The first-order valence-electron chi connectivity index (χ1n) is 12.4. The molecule has 2 aliphatic heterocycles. The van der Waals surface area contributed by atoms with E-state index in [1.807, 2.05) is 35.2 Å². The summed E-state index contributed by atoms with van der Waals surface area (Å²) in [5, 5.41) is 8.96. The normalized spacial score (nSPS) is 22.0. The van der Waals surface area contributed by atoms with Crippen molar-refractivity contribution in [3.63, 3.8) is 0 Å². The van der Waals surface area contributed by atoms with Crippen LogP contribution >= 0.6 is 0 Å². The van der Waals surface area contributed by atoms with Gasteiger partial charge in [-0.2, -0.15) is 5.26 Å². The van der Waals surface area contributed by atoms with Crippen LogP contribution in [0.1, 0.15) is 58.6 Å². The highest BCUT2D eigenvalue weighted by Crippen LogP contribution is 2.45. The number of halogens is 1. The van der Waals surface area contributed by atoms with Crippen molar-refractivity contribution in [2.24, 2.45) is 5.92 Å². The zero-order chi connectivity index (χ0) is 24.8. The monoisotopic (exact) mass is 480 g/mol. The SMILES string of the molecule is N#Cc1ccc(C(=O)C2CC3CCC(C2)N3C(=O)OCC2c3ccccc3-c3ccccc32)c(F)c1. The van der Waals surface area contributed by atoms with Crippen LogP contribution in [-0.4, -0.2) is 35.5 Å². The topological polar surface area (TPSA) is 70.4 Å². The maximum atomic E-state index is 14.5. The van der Waals surface area contributed by atoms with E-state index in [0.717, 1.165) is 18.9 Å². The van der Waals surface area contributed by atoms with E-state index in [9.17, 15) is 14.0 Å². The standard InChI is InChI=1S/C30H25FN2O3/c31-28-13-18(16-32)9-12-26(28)29(34)19-14-20-10-11-21(15-19)33(20)30(35)36-17-27-24-7-3-1-5-22(24)23-6-2-4-8-25(23)27/h1-9,12-13,19-21,27H,10-11,14-15,17H2. The smallest absolute Gasteiger partial charge is 0.410 e. The largest absolute Gasteiger partial charge is 0.448 e. The van der Waals surface area contributed by atoms with Crippen molar-refractivity contribution in [3.05, 3.63) is 94.8 Å². The van der Waals surface area contributed by atoms with E-state index in [4.69, 9.17) is 10.00 Å². The minimum Gasteiger partial charge on any atom is -0.448 e. The Bertz CT molecular complexity index is 1350. The van der Waals surface area contributed by atoms with Gasteiger partial charge >= 0.3 is 6.09 Å². The number of nitrogens with zero attached hydrogens (tertiary/aromatic N) is 2. The predicted octanol–water partition coefficient (Wildman–Crippen LogP) is 6.07. The van der Waals surface area contributed by atoms with Crippen molar-refractivity contribution in [2.45, 2.75) is 43.7 Å². The maximum absolute atomic E-state index is 14.5. The number of fused-ring (bicyclic) bond motifs is 5. The van der Waals surface area contributed by atoms with Gasteiger partial charge in [0.2, 0.25) is 0 Å². The second-order valence-electron chi connectivity index (χ2n) is 9.94. The van der Waals surface area contributed by atoms with Gasteiger partial charge in [-0.25, -0.2) is 9.18 Å². The number of nitriles is 1. The van der Waals surface area contributed by atoms with Gasteiger partial charge < -0.3 is 9.64 Å². The van der Waals surface area contributed by atoms with Crippen LogP contribution in [0.3, 0.4) is 0 Å². The fourth-order valence-electron chi connectivity index (χ4n) is 6.36. The number of ether oxygens (including phenoxy) is 1. The zero-order valence-electron chi connectivity index (χ0n) is 19.7. The Kier molecular flexibility index (Phi) is 5.56. The van der Waals surface area contributed by atoms with Crippen LogP contribution in [0.5, 0.6) is 0 Å². The summed E-state index contributed by atoms with van der Waals surface area (Å²) in [6.07, 6.45) is 2.29. The van der Waals surface area contributed by atoms with Crippen LogP contribution in [0.15, 0.2) is 66.7 Å². The summed E-state index contributed by atoms with van der Waals surface area (Å²) in [5.74, 6) is -1.26. The lowest BCUT2D eigenvalue weighted by atomic mass is 9.84. The first kappa shape index (κ1) is 22.5. The highest BCUT2D eigenvalue weighted by molar-refractivity contribution is 5.98. The van der Waals surface area contributed by atoms with Crippen molar-refractivity contribution in [2.75, 3.05) is 6.61 Å². The summed E-state index contributed by atoms with van der Waals surface area (Å²) in [4.78, 5) is 28.1. The van der Waals surface area contributed by atoms with Crippen LogP contribution < -0.4 is 0 Å². The number of amides is 1. The fraction of sp³-hybridized carbons (Fsp3) is 0.300. The molecule has 3 aliphatic rings. The molecular weight excluding hydrogens is 455 g/mol. The Morgan fingerprint density at radius 1 is 0.944 bits per heavy atom. The molecule has 2 saturated heterocycles. The number of piperidine rings is 1. The molecule has 2 bridgehead atoms. The summed E-state index contributed by atoms with van der Waals surface area (Å²) < 4.78 is 20.4. The summed E-state index contributed by atoms with van der Waals surface area (Å²) in [7, 11) is 0. The van der Waals surface area contributed by atoms with Gasteiger partial charge in [0.15, 0.2) is 5.78 Å². The molecule has 5 nitrogen and oxygen atoms in total. The maximum Gasteiger partial charge on any atom is 0.410 e. The van der Waals surface area contributed by atoms with E-state index < -0.39 is 5.82 Å². The van der Waals surface area contributed by atoms with Gasteiger partial charge in [0.25, 0.3) is 0 Å². The summed E-state index contributed by atoms with van der Waals surface area (Å²) >= 11 is 0. The van der Waals surface area contributed by atoms with Gasteiger partial charge in [0.1, 0.15) is 12.4 Å². The number of hydrogen-bond acceptors (Lipinski definition) is 4. The Labute approximate surface area is 209 Å². The molecule has 6 rings (SSSR count). The summed E-state index contributed by atoms with van der Waals surface area (Å²) in [5.41, 5.74) is 4.92. The second-order valence-corrected chi connectivity index (χ2v) is 9.94. The molecule has 0 aromatic heterocycles. The molecule has 3 aromatic rings. The van der Waals surface area contributed by atoms with Crippen LogP contribution in [0.4, 0.5) is 9.18 Å². The molecule has 36 heavy (non-hydrogen) atoms. The average Bonchev–Trinajstić information content (AvgIpc) is 3.37. The van der Waals surface area contributed by atoms with Gasteiger partial charge in [-0.1, -0.05) is 48.5 Å². The molecule has 3 aromatic carbocycles. The van der Waals surface area contributed by atoms with E-state index in [1.165, 1.54) is 34.4 Å². The molecular formula is C30H25FN2O3. The number of rotatable bonds is 4. The minimum absolute atomic E-state index is 0.00234. The number of carbonyl (C=O) groups is 2. The van der Waals surface area contributed by atoms with Crippen LogP contribution in [0.2, 0.25) is 0 Å². The fourth-order valence-corrected chi connectivity index (χ4v) is 6.36. The number of ketones is 1. The zero-order valence-corrected chi connectivity index (χ0v) is 19.7. The van der Waals surface area contributed by atoms with Crippen LogP contribution in [0, 0.1) is 23.1 Å². The van der Waals surface area contributed by atoms with Gasteiger partial charge in [0, 0.05) is 23.9 Å². The Morgan fingerprint density at radius 2 is 1.56 bits per heavy atom. The predicted molar refractivity (Wildman–Crippen MR) is 132 cm³/mol. The van der Waals surface area contributed by atoms with Gasteiger partial charge in [-0.3, -0.25) is 4.79 Å². The van der Waals surface area contributed by atoms with Crippen molar-refractivity contribution in [3.8, 4) is 17.2 Å². The average molecular weight is 481 g/mol. The quantitative estimate of drug-likeness (QED) is 0.425. The van der Waals surface area contributed by atoms with Crippen LogP contribution in [0.25, 0.3) is 11.1 Å². The third-order valence-corrected chi connectivity index (χ3v) is 8.01. The molecule has 0 spiro atoms. The molecule has 0 saturated carbocycles. The number of carbonyl (C=O) groups excluding carboxylic acids is 2. The molecule has 2 heterocycles. The van der Waals surface area contributed by atoms with Gasteiger partial charge in [0.05, 0.1) is 17.2 Å². The van der Waals surface area contributed by atoms with Crippen molar-refractivity contribution in [1.29, 1.82) is 5.26 Å². The van der Waals surface area contributed by atoms with Crippen molar-refractivity contribution >= 4 is 11.9 Å². The molecule has 180 valence electrons. The van der Waals surface area contributed by atoms with E-state index in [-0.39, 0.29) is 53.5 Å². The molecule has 2 unspecified atom stereocenters. The van der Waals surface area contributed by atoms with E-state index in [0.29, 0.717) is 12.8 Å². The lowest BCUT2D eigenvalue weighted by Crippen LogP contribution is -2.48. The molecule has 1 amide bonds. The van der Waals surface area contributed by atoms with Crippen molar-refractivity contribution < 1.29 is 18.7 Å². The van der Waals surface area contributed by atoms with E-state index in [2.05, 4.69) is 24.3 Å². The molecule has 6 heteroatoms. The lowest BCUT2D eigenvalue weighted by Gasteiger charge is -2.37.